The molecule has 25 heavy (non-hydrogen) atoms. The van der Waals surface area contributed by atoms with Crippen LogP contribution in [0.3, 0.4) is 0 Å². The Balaban J connectivity index is 2.13. The zero-order valence-electron chi connectivity index (χ0n) is 14.0. The Morgan fingerprint density at radius 3 is 2.80 bits per heavy atom. The normalized spacial score (nSPS) is 28.0. The number of carbonyl (C=O) groups is 1. The minimum Gasteiger partial charge on any atom is -0.394 e. The van der Waals surface area contributed by atoms with Crippen LogP contribution < -0.4 is 0 Å². The number of thiazole rings is 1. The molecule has 1 saturated heterocycles. The second kappa shape index (κ2) is 10.1. The Hall–Kier alpha value is -1.10. The van der Waals surface area contributed by atoms with Crippen LogP contribution in [-0.2, 0) is 4.74 Å². The summed E-state index contributed by atoms with van der Waals surface area (Å²) in [5.74, 6) is -0.293. The van der Waals surface area contributed by atoms with Gasteiger partial charge in [0.25, 0.3) is 5.91 Å². The van der Waals surface area contributed by atoms with Crippen LogP contribution in [0.25, 0.3) is 0 Å². The highest BCUT2D eigenvalue weighted by atomic mass is 32.1. The average molecular weight is 374 g/mol. The number of aromatic nitrogens is 1. The lowest BCUT2D eigenvalue weighted by atomic mass is 10.0. The summed E-state index contributed by atoms with van der Waals surface area (Å²) in [6, 6.07) is 0. The van der Waals surface area contributed by atoms with Crippen LogP contribution in [-0.4, -0.2) is 86.9 Å². The molecule has 0 aromatic carbocycles. The molecular formula is C16H26N2O6S. The Bertz CT molecular complexity index is 515. The molecular weight excluding hydrogens is 348 g/mol. The minimum absolute atomic E-state index is 0.0996. The quantitative estimate of drug-likeness (QED) is 0.569. The fourth-order valence-corrected chi connectivity index (χ4v) is 3.41. The van der Waals surface area contributed by atoms with Gasteiger partial charge < -0.3 is 30.1 Å². The third-order valence-corrected chi connectivity index (χ3v) is 5.00. The zero-order valence-corrected chi connectivity index (χ0v) is 14.8. The van der Waals surface area contributed by atoms with Crippen molar-refractivity contribution in [2.24, 2.45) is 0 Å². The van der Waals surface area contributed by atoms with Gasteiger partial charge in [0.1, 0.15) is 24.4 Å². The number of β-amino-alcohol motifs (C(OH)–C–C–N with tert-alkyl or cyclic N) is 1. The summed E-state index contributed by atoms with van der Waals surface area (Å²) in [5.41, 5.74) is 0. The maximum Gasteiger partial charge on any atom is 0.282 e. The lowest BCUT2D eigenvalue weighted by Gasteiger charge is -2.33. The van der Waals surface area contributed by atoms with Crippen LogP contribution in [0.5, 0.6) is 0 Å². The fourth-order valence-electron chi connectivity index (χ4n) is 2.81. The van der Waals surface area contributed by atoms with Gasteiger partial charge in [-0.1, -0.05) is 12.8 Å². The van der Waals surface area contributed by atoms with Crippen molar-refractivity contribution in [2.75, 3.05) is 26.3 Å². The summed E-state index contributed by atoms with van der Waals surface area (Å²) in [6.45, 7) is 0.0946. The molecule has 0 radical (unpaired) electrons. The van der Waals surface area contributed by atoms with Crippen molar-refractivity contribution >= 4 is 17.2 Å². The average Bonchev–Trinajstić information content (AvgIpc) is 3.14. The Morgan fingerprint density at radius 2 is 2.12 bits per heavy atom. The molecule has 0 spiro atoms. The number of rotatable bonds is 3. The van der Waals surface area contributed by atoms with E-state index in [1.165, 1.54) is 16.2 Å². The third-order valence-electron chi connectivity index (χ3n) is 4.24. The summed E-state index contributed by atoms with van der Waals surface area (Å²) < 4.78 is 5.48. The van der Waals surface area contributed by atoms with Gasteiger partial charge in [-0.15, -0.1) is 11.3 Å². The van der Waals surface area contributed by atoms with E-state index in [9.17, 15) is 20.1 Å². The molecule has 0 saturated carbocycles. The molecule has 4 atom stereocenters. The Morgan fingerprint density at radius 1 is 1.36 bits per heavy atom. The standard InChI is InChI=1S/C16H26N2O6S/c19-10-12(21)14-13(22)11(20)9-18(6-3-1-2-4-7-24-14)16(23)15-17-5-8-25-15/h5,8,11-14,19-22H,1-4,6-7,9-10H2/t11-,12+,13+,14+/m0/s1. The van der Waals surface area contributed by atoms with Gasteiger partial charge in [0.2, 0.25) is 0 Å². The van der Waals surface area contributed by atoms with Gasteiger partial charge in [0.15, 0.2) is 5.01 Å². The van der Waals surface area contributed by atoms with Gasteiger partial charge in [0.05, 0.1) is 6.61 Å². The second-order valence-electron chi connectivity index (χ2n) is 6.15. The molecule has 2 heterocycles. The van der Waals surface area contributed by atoms with E-state index in [-0.39, 0.29) is 12.5 Å². The van der Waals surface area contributed by atoms with Crippen molar-refractivity contribution in [3.05, 3.63) is 16.6 Å². The maximum absolute atomic E-state index is 12.6. The highest BCUT2D eigenvalue weighted by Crippen LogP contribution is 2.16. The summed E-state index contributed by atoms with van der Waals surface area (Å²) in [4.78, 5) is 18.0. The lowest BCUT2D eigenvalue weighted by molar-refractivity contribution is -0.145. The third kappa shape index (κ3) is 5.70. The van der Waals surface area contributed by atoms with Crippen LogP contribution in [0.15, 0.2) is 11.6 Å². The molecule has 0 bridgehead atoms. The Kier molecular flexibility index (Phi) is 8.20. The number of nitrogens with zero attached hydrogens (tertiary/aromatic N) is 2. The van der Waals surface area contributed by atoms with Crippen LogP contribution >= 0.6 is 11.3 Å². The van der Waals surface area contributed by atoms with E-state index < -0.39 is 31.0 Å². The summed E-state index contributed by atoms with van der Waals surface area (Å²) in [5, 5.41) is 41.8. The van der Waals surface area contributed by atoms with E-state index in [0.717, 1.165) is 25.7 Å². The SMILES string of the molecule is O=C(c1nccs1)N1CCCCCCO[C@H]([C@H](O)CO)[C@H](O)[C@@H](O)C1. The fraction of sp³-hybridized carbons (Fsp3) is 0.750. The van der Waals surface area contributed by atoms with E-state index in [0.29, 0.717) is 18.2 Å². The number of carbonyl (C=O) groups excluding carboxylic acids is 1. The monoisotopic (exact) mass is 374 g/mol. The van der Waals surface area contributed by atoms with Crippen LogP contribution in [0.2, 0.25) is 0 Å². The topological polar surface area (TPSA) is 123 Å². The molecule has 1 aliphatic rings. The first-order valence-corrected chi connectivity index (χ1v) is 9.38. The van der Waals surface area contributed by atoms with Crippen molar-refractivity contribution in [2.45, 2.75) is 50.1 Å². The number of aliphatic hydroxyl groups is 4. The number of amides is 1. The number of ether oxygens (including phenoxy) is 1. The van der Waals surface area contributed by atoms with Crippen molar-refractivity contribution in [1.82, 2.24) is 9.88 Å². The first-order valence-electron chi connectivity index (χ1n) is 8.50. The molecule has 8 nitrogen and oxygen atoms in total. The largest absolute Gasteiger partial charge is 0.394 e. The molecule has 2 rings (SSSR count). The van der Waals surface area contributed by atoms with Crippen LogP contribution in [0.1, 0.15) is 35.5 Å². The van der Waals surface area contributed by atoms with Gasteiger partial charge in [-0.2, -0.15) is 0 Å². The van der Waals surface area contributed by atoms with E-state index in [1.54, 1.807) is 11.6 Å². The molecule has 1 aromatic heterocycles. The van der Waals surface area contributed by atoms with Crippen LogP contribution in [0, 0.1) is 0 Å². The predicted octanol–water partition coefficient (Wildman–Crippen LogP) is -0.381. The van der Waals surface area contributed by atoms with E-state index in [1.807, 2.05) is 0 Å². The van der Waals surface area contributed by atoms with Gasteiger partial charge in [-0.3, -0.25) is 4.79 Å². The molecule has 1 aromatic rings. The van der Waals surface area contributed by atoms with Gasteiger partial charge in [0, 0.05) is 31.3 Å². The molecule has 1 aliphatic heterocycles. The first-order chi connectivity index (χ1) is 12.0. The van der Waals surface area contributed by atoms with Crippen molar-refractivity contribution in [3.8, 4) is 0 Å². The smallest absolute Gasteiger partial charge is 0.282 e. The molecule has 1 fully saturated rings. The number of hydrogen-bond acceptors (Lipinski definition) is 8. The summed E-state index contributed by atoms with van der Waals surface area (Å²) in [6.07, 6.45) is -0.312. The van der Waals surface area contributed by atoms with E-state index in [4.69, 9.17) is 9.84 Å². The highest BCUT2D eigenvalue weighted by Gasteiger charge is 2.34. The van der Waals surface area contributed by atoms with Gasteiger partial charge in [-0.05, 0) is 12.8 Å². The van der Waals surface area contributed by atoms with Gasteiger partial charge >= 0.3 is 0 Å². The number of aliphatic hydroxyl groups excluding tert-OH is 4. The van der Waals surface area contributed by atoms with Crippen LogP contribution in [0.4, 0.5) is 0 Å². The molecule has 142 valence electrons. The molecule has 4 N–H and O–H groups in total. The second-order valence-corrected chi connectivity index (χ2v) is 7.04. The predicted molar refractivity (Wildman–Crippen MR) is 91.3 cm³/mol. The zero-order chi connectivity index (χ0) is 18.2. The summed E-state index contributed by atoms with van der Waals surface area (Å²) in [7, 11) is 0. The number of hydrogen-bond donors (Lipinski definition) is 4. The molecule has 1 amide bonds. The van der Waals surface area contributed by atoms with Crippen molar-refractivity contribution in [3.63, 3.8) is 0 Å². The van der Waals surface area contributed by atoms with E-state index in [2.05, 4.69) is 4.98 Å². The molecule has 9 heteroatoms. The van der Waals surface area contributed by atoms with E-state index >= 15 is 0 Å². The Labute approximate surface area is 150 Å². The molecule has 0 aliphatic carbocycles. The highest BCUT2D eigenvalue weighted by molar-refractivity contribution is 7.11. The summed E-state index contributed by atoms with van der Waals surface area (Å²) >= 11 is 1.22. The van der Waals surface area contributed by atoms with Crippen molar-refractivity contribution in [1.29, 1.82) is 0 Å². The maximum atomic E-state index is 12.6. The van der Waals surface area contributed by atoms with Crippen molar-refractivity contribution < 1.29 is 30.0 Å². The lowest BCUT2D eigenvalue weighted by Crippen LogP contribution is -2.52. The minimum atomic E-state index is -1.42. The van der Waals surface area contributed by atoms with Gasteiger partial charge in [-0.25, -0.2) is 4.98 Å². The molecule has 0 unspecified atom stereocenters. The first kappa shape index (κ1) is 20.2.